The summed E-state index contributed by atoms with van der Waals surface area (Å²) in [6, 6.07) is 4.42. The second kappa shape index (κ2) is 5.58. The van der Waals surface area contributed by atoms with Crippen LogP contribution in [-0.2, 0) is 6.54 Å². The Morgan fingerprint density at radius 3 is 2.70 bits per heavy atom. The molecule has 0 saturated carbocycles. The minimum absolute atomic E-state index is 0.0340. The van der Waals surface area contributed by atoms with Crippen molar-refractivity contribution in [3.05, 3.63) is 29.9 Å². The molecule has 1 aromatic heterocycles. The SMILES string of the molecule is COc1cc(-c2nnc(CNC(C)(C)C)o2)ccc1F. The fraction of sp³-hybridized carbons (Fsp3) is 0.429. The molecule has 6 heteroatoms. The highest BCUT2D eigenvalue weighted by Gasteiger charge is 2.14. The predicted molar refractivity (Wildman–Crippen MR) is 72.8 cm³/mol. The van der Waals surface area contributed by atoms with Crippen LogP contribution in [0.25, 0.3) is 11.5 Å². The lowest BCUT2D eigenvalue weighted by molar-refractivity contribution is 0.382. The molecule has 2 aromatic rings. The summed E-state index contributed by atoms with van der Waals surface area (Å²) in [5, 5.41) is 11.2. The summed E-state index contributed by atoms with van der Waals surface area (Å²) in [7, 11) is 1.41. The molecule has 0 spiro atoms. The van der Waals surface area contributed by atoms with Crippen LogP contribution in [0.2, 0.25) is 0 Å². The summed E-state index contributed by atoms with van der Waals surface area (Å²) in [4.78, 5) is 0. The lowest BCUT2D eigenvalue weighted by atomic mass is 10.1. The van der Waals surface area contributed by atoms with E-state index in [4.69, 9.17) is 9.15 Å². The molecule has 1 N–H and O–H groups in total. The van der Waals surface area contributed by atoms with Gasteiger partial charge in [-0.25, -0.2) is 4.39 Å². The third-order valence-electron chi connectivity index (χ3n) is 2.63. The Hall–Kier alpha value is -1.95. The van der Waals surface area contributed by atoms with Gasteiger partial charge in [0.15, 0.2) is 11.6 Å². The number of halogens is 1. The lowest BCUT2D eigenvalue weighted by Crippen LogP contribution is -2.35. The van der Waals surface area contributed by atoms with E-state index in [2.05, 4.69) is 36.3 Å². The summed E-state index contributed by atoms with van der Waals surface area (Å²) in [6.07, 6.45) is 0. The van der Waals surface area contributed by atoms with Gasteiger partial charge >= 0.3 is 0 Å². The van der Waals surface area contributed by atoms with Crippen LogP contribution in [0.5, 0.6) is 5.75 Å². The van der Waals surface area contributed by atoms with Crippen LogP contribution >= 0.6 is 0 Å². The van der Waals surface area contributed by atoms with E-state index in [1.54, 1.807) is 6.07 Å². The van der Waals surface area contributed by atoms with Crippen molar-refractivity contribution in [2.24, 2.45) is 0 Å². The van der Waals surface area contributed by atoms with Gasteiger partial charge in [0.2, 0.25) is 11.8 Å². The summed E-state index contributed by atoms with van der Waals surface area (Å²) in [6.45, 7) is 6.63. The number of ether oxygens (including phenoxy) is 1. The maximum Gasteiger partial charge on any atom is 0.247 e. The molecule has 1 heterocycles. The Kier molecular flexibility index (Phi) is 4.04. The third-order valence-corrected chi connectivity index (χ3v) is 2.63. The number of hydrogen-bond acceptors (Lipinski definition) is 5. The fourth-order valence-electron chi connectivity index (χ4n) is 1.58. The van der Waals surface area contributed by atoms with Gasteiger partial charge in [0, 0.05) is 11.1 Å². The van der Waals surface area contributed by atoms with Gasteiger partial charge in [-0.2, -0.15) is 0 Å². The van der Waals surface area contributed by atoms with Gasteiger partial charge in [0.25, 0.3) is 0 Å². The zero-order valence-electron chi connectivity index (χ0n) is 12.0. The Labute approximate surface area is 117 Å². The van der Waals surface area contributed by atoms with Gasteiger partial charge in [0.05, 0.1) is 13.7 Å². The van der Waals surface area contributed by atoms with Crippen LogP contribution in [0.1, 0.15) is 26.7 Å². The fourth-order valence-corrected chi connectivity index (χ4v) is 1.58. The smallest absolute Gasteiger partial charge is 0.247 e. The minimum atomic E-state index is -0.426. The van der Waals surface area contributed by atoms with E-state index >= 15 is 0 Å². The lowest BCUT2D eigenvalue weighted by Gasteiger charge is -2.18. The van der Waals surface area contributed by atoms with Gasteiger partial charge in [-0.05, 0) is 39.0 Å². The molecule has 0 saturated heterocycles. The van der Waals surface area contributed by atoms with Crippen molar-refractivity contribution < 1.29 is 13.5 Å². The van der Waals surface area contributed by atoms with E-state index < -0.39 is 5.82 Å². The van der Waals surface area contributed by atoms with Crippen molar-refractivity contribution in [3.63, 3.8) is 0 Å². The van der Waals surface area contributed by atoms with Crippen LogP contribution in [-0.4, -0.2) is 22.8 Å². The second-order valence-corrected chi connectivity index (χ2v) is 5.45. The van der Waals surface area contributed by atoms with Crippen molar-refractivity contribution in [3.8, 4) is 17.2 Å². The number of benzene rings is 1. The molecule has 2 rings (SSSR count). The van der Waals surface area contributed by atoms with E-state index in [1.165, 1.54) is 19.2 Å². The van der Waals surface area contributed by atoms with Crippen LogP contribution in [0.15, 0.2) is 22.6 Å². The predicted octanol–water partition coefficient (Wildman–Crippen LogP) is 2.77. The number of aromatic nitrogens is 2. The highest BCUT2D eigenvalue weighted by atomic mass is 19.1. The molecule has 0 unspecified atom stereocenters. The Balaban J connectivity index is 2.16. The monoisotopic (exact) mass is 279 g/mol. The third kappa shape index (κ3) is 3.54. The molecule has 20 heavy (non-hydrogen) atoms. The van der Waals surface area contributed by atoms with E-state index in [0.29, 0.717) is 23.9 Å². The van der Waals surface area contributed by atoms with Gasteiger partial charge in [-0.1, -0.05) is 0 Å². The average Bonchev–Trinajstić information content (AvgIpc) is 2.85. The number of nitrogens with zero attached hydrogens (tertiary/aromatic N) is 2. The van der Waals surface area contributed by atoms with E-state index in [1.807, 2.05) is 0 Å². The highest BCUT2D eigenvalue weighted by Crippen LogP contribution is 2.25. The van der Waals surface area contributed by atoms with E-state index in [0.717, 1.165) is 0 Å². The van der Waals surface area contributed by atoms with Crippen molar-refractivity contribution in [2.45, 2.75) is 32.9 Å². The summed E-state index contributed by atoms with van der Waals surface area (Å²) >= 11 is 0. The first-order valence-electron chi connectivity index (χ1n) is 6.30. The minimum Gasteiger partial charge on any atom is -0.494 e. The quantitative estimate of drug-likeness (QED) is 0.932. The number of nitrogens with one attached hydrogen (secondary N) is 1. The highest BCUT2D eigenvalue weighted by molar-refractivity contribution is 5.55. The first-order chi connectivity index (χ1) is 9.39. The topological polar surface area (TPSA) is 60.2 Å². The standard InChI is InChI=1S/C14H18FN3O2/c1-14(2,3)16-8-12-17-18-13(20-12)9-5-6-10(15)11(7-9)19-4/h5-7,16H,8H2,1-4H3. The molecule has 0 amide bonds. The van der Waals surface area contributed by atoms with E-state index in [9.17, 15) is 4.39 Å². The molecule has 108 valence electrons. The Morgan fingerprint density at radius 1 is 1.30 bits per heavy atom. The number of rotatable bonds is 4. The molecule has 0 bridgehead atoms. The molecule has 0 atom stereocenters. The molecular formula is C14H18FN3O2. The van der Waals surface area contributed by atoms with Gasteiger partial charge in [0.1, 0.15) is 0 Å². The average molecular weight is 279 g/mol. The van der Waals surface area contributed by atoms with Crippen LogP contribution in [0.3, 0.4) is 0 Å². The Morgan fingerprint density at radius 2 is 2.05 bits per heavy atom. The Bertz CT molecular complexity index is 590. The maximum absolute atomic E-state index is 13.3. The first-order valence-corrected chi connectivity index (χ1v) is 6.30. The number of hydrogen-bond donors (Lipinski definition) is 1. The molecule has 0 fully saturated rings. The molecule has 0 aliphatic carbocycles. The largest absolute Gasteiger partial charge is 0.494 e. The summed E-state index contributed by atoms with van der Waals surface area (Å²) in [5.41, 5.74) is 0.589. The van der Waals surface area contributed by atoms with Gasteiger partial charge in [-0.3, -0.25) is 0 Å². The van der Waals surface area contributed by atoms with E-state index in [-0.39, 0.29) is 11.3 Å². The van der Waals surface area contributed by atoms with Crippen molar-refractivity contribution in [2.75, 3.05) is 7.11 Å². The summed E-state index contributed by atoms with van der Waals surface area (Å²) < 4.78 is 23.8. The molecule has 5 nitrogen and oxygen atoms in total. The second-order valence-electron chi connectivity index (χ2n) is 5.45. The number of methoxy groups -OCH3 is 1. The first kappa shape index (κ1) is 14.5. The van der Waals surface area contributed by atoms with Crippen molar-refractivity contribution >= 4 is 0 Å². The summed E-state index contributed by atoms with van der Waals surface area (Å²) in [5.74, 6) is 0.549. The molecular weight excluding hydrogens is 261 g/mol. The zero-order valence-corrected chi connectivity index (χ0v) is 12.0. The molecule has 0 aliphatic heterocycles. The van der Waals surface area contributed by atoms with Crippen LogP contribution < -0.4 is 10.1 Å². The van der Waals surface area contributed by atoms with Crippen LogP contribution in [0, 0.1) is 5.82 Å². The molecule has 0 aliphatic rings. The van der Waals surface area contributed by atoms with Gasteiger partial charge < -0.3 is 14.5 Å². The van der Waals surface area contributed by atoms with Crippen molar-refractivity contribution in [1.82, 2.24) is 15.5 Å². The normalized spacial score (nSPS) is 11.7. The van der Waals surface area contributed by atoms with Gasteiger partial charge in [-0.15, -0.1) is 10.2 Å². The maximum atomic E-state index is 13.3. The molecule has 1 aromatic carbocycles. The van der Waals surface area contributed by atoms with Crippen LogP contribution in [0.4, 0.5) is 4.39 Å². The molecule has 0 radical (unpaired) electrons. The van der Waals surface area contributed by atoms with Crippen molar-refractivity contribution in [1.29, 1.82) is 0 Å². The zero-order chi connectivity index (χ0) is 14.8.